The first kappa shape index (κ1) is 14.8. The third kappa shape index (κ3) is 3.12. The van der Waals surface area contributed by atoms with Gasteiger partial charge in [0.15, 0.2) is 0 Å². The van der Waals surface area contributed by atoms with E-state index in [0.717, 1.165) is 29.3 Å². The minimum absolute atomic E-state index is 0.0681. The Morgan fingerprint density at radius 2 is 2.25 bits per heavy atom. The van der Waals surface area contributed by atoms with Gasteiger partial charge >= 0.3 is 0 Å². The second-order valence-corrected chi connectivity index (χ2v) is 6.02. The van der Waals surface area contributed by atoms with Crippen LogP contribution >= 0.6 is 15.9 Å². The van der Waals surface area contributed by atoms with Gasteiger partial charge in [-0.2, -0.15) is 0 Å². The van der Waals surface area contributed by atoms with Crippen molar-refractivity contribution in [2.75, 3.05) is 0 Å². The normalized spacial score (nSPS) is 22.8. The Kier molecular flexibility index (Phi) is 4.65. The van der Waals surface area contributed by atoms with Crippen LogP contribution in [0.15, 0.2) is 27.8 Å². The van der Waals surface area contributed by atoms with Crippen molar-refractivity contribution in [1.82, 2.24) is 5.32 Å². The van der Waals surface area contributed by atoms with Crippen molar-refractivity contribution in [3.05, 3.63) is 33.8 Å². The van der Waals surface area contributed by atoms with Crippen LogP contribution in [0.4, 0.5) is 0 Å². The largest absolute Gasteiger partial charge is 0.409 e. The molecule has 0 aliphatic heterocycles. The molecule has 1 fully saturated rings. The first-order valence-corrected chi connectivity index (χ1v) is 7.36. The quantitative estimate of drug-likeness (QED) is 0.342. The molecule has 0 spiro atoms. The van der Waals surface area contributed by atoms with Crippen molar-refractivity contribution < 1.29 is 10.0 Å². The van der Waals surface area contributed by atoms with E-state index in [1.165, 1.54) is 0 Å². The third-order valence-electron chi connectivity index (χ3n) is 3.76. The van der Waals surface area contributed by atoms with Gasteiger partial charge in [-0.05, 0) is 43.5 Å². The molecule has 20 heavy (non-hydrogen) atoms. The average molecular weight is 340 g/mol. The lowest BCUT2D eigenvalue weighted by molar-refractivity contribution is 0.0932. The van der Waals surface area contributed by atoms with Gasteiger partial charge in [-0.1, -0.05) is 27.5 Å². The fraction of sp³-hybridized carbons (Fsp3) is 0.429. The predicted octanol–water partition coefficient (Wildman–Crippen LogP) is 2.40. The Labute approximate surface area is 126 Å². The number of oxime groups is 1. The van der Waals surface area contributed by atoms with Gasteiger partial charge in [-0.25, -0.2) is 0 Å². The predicted molar refractivity (Wildman–Crippen MR) is 80.9 cm³/mol. The number of aryl methyl sites for hydroxylation is 1. The lowest BCUT2D eigenvalue weighted by atomic mass is 10.0. The van der Waals surface area contributed by atoms with E-state index in [4.69, 9.17) is 10.9 Å². The number of hydrogen-bond acceptors (Lipinski definition) is 3. The van der Waals surface area contributed by atoms with Crippen molar-refractivity contribution in [3.8, 4) is 0 Å². The number of nitrogens with zero attached hydrogens (tertiary/aromatic N) is 1. The van der Waals surface area contributed by atoms with E-state index >= 15 is 0 Å². The number of amides is 1. The third-order valence-corrected chi connectivity index (χ3v) is 4.25. The highest BCUT2D eigenvalue weighted by atomic mass is 79.9. The van der Waals surface area contributed by atoms with Crippen LogP contribution in [0.5, 0.6) is 0 Å². The number of rotatable bonds is 3. The van der Waals surface area contributed by atoms with Crippen LogP contribution in [-0.2, 0) is 0 Å². The van der Waals surface area contributed by atoms with Gasteiger partial charge < -0.3 is 16.3 Å². The second kappa shape index (κ2) is 6.26. The molecule has 4 N–H and O–H groups in total. The van der Waals surface area contributed by atoms with Crippen LogP contribution < -0.4 is 11.1 Å². The van der Waals surface area contributed by atoms with Crippen LogP contribution in [0.1, 0.15) is 35.2 Å². The number of halogens is 1. The standard InChI is InChI=1S/C14H18BrN3O2/c1-8-7-9(15)5-6-10(8)14(19)17-12-4-2-3-11(12)13(16)18-20/h5-7,11-12,20H,2-4H2,1H3,(H2,16,18)(H,17,19). The molecule has 1 saturated carbocycles. The molecule has 5 nitrogen and oxygen atoms in total. The van der Waals surface area contributed by atoms with Crippen LogP contribution in [0.25, 0.3) is 0 Å². The van der Waals surface area contributed by atoms with E-state index < -0.39 is 0 Å². The van der Waals surface area contributed by atoms with E-state index in [1.54, 1.807) is 6.07 Å². The molecule has 1 aromatic carbocycles. The van der Waals surface area contributed by atoms with Gasteiger partial charge in [0, 0.05) is 22.0 Å². The molecule has 0 bridgehead atoms. The summed E-state index contributed by atoms with van der Waals surface area (Å²) in [6.07, 6.45) is 2.65. The summed E-state index contributed by atoms with van der Waals surface area (Å²) in [5.74, 6) is -0.00216. The highest BCUT2D eigenvalue weighted by Gasteiger charge is 2.32. The lowest BCUT2D eigenvalue weighted by Crippen LogP contribution is -2.42. The number of carbonyl (C=O) groups excluding carboxylic acids is 1. The minimum atomic E-state index is -0.113. The van der Waals surface area contributed by atoms with E-state index in [2.05, 4.69) is 26.4 Å². The monoisotopic (exact) mass is 339 g/mol. The molecule has 0 saturated heterocycles. The molecule has 1 aliphatic carbocycles. The van der Waals surface area contributed by atoms with Gasteiger partial charge in [0.2, 0.25) is 0 Å². The zero-order valence-electron chi connectivity index (χ0n) is 11.3. The van der Waals surface area contributed by atoms with Crippen molar-refractivity contribution in [2.45, 2.75) is 32.2 Å². The Morgan fingerprint density at radius 1 is 1.50 bits per heavy atom. The summed E-state index contributed by atoms with van der Waals surface area (Å²) in [7, 11) is 0. The number of carbonyl (C=O) groups is 1. The zero-order chi connectivity index (χ0) is 14.7. The molecule has 108 valence electrons. The van der Waals surface area contributed by atoms with Gasteiger partial charge in [-0.3, -0.25) is 4.79 Å². The van der Waals surface area contributed by atoms with Crippen LogP contribution in [0, 0.1) is 12.8 Å². The maximum Gasteiger partial charge on any atom is 0.251 e. The van der Waals surface area contributed by atoms with Crippen LogP contribution in [0.2, 0.25) is 0 Å². The molecule has 2 rings (SSSR count). The summed E-state index contributed by atoms with van der Waals surface area (Å²) in [6.45, 7) is 1.90. The van der Waals surface area contributed by atoms with Gasteiger partial charge in [0.1, 0.15) is 5.84 Å². The van der Waals surface area contributed by atoms with Crippen molar-refractivity contribution in [3.63, 3.8) is 0 Å². The molecule has 0 aromatic heterocycles. The van der Waals surface area contributed by atoms with Crippen LogP contribution in [0.3, 0.4) is 0 Å². The SMILES string of the molecule is Cc1cc(Br)ccc1C(=O)NC1CCCC1C(N)=NO. The molecule has 0 radical (unpaired) electrons. The van der Waals surface area contributed by atoms with Crippen molar-refractivity contribution in [2.24, 2.45) is 16.8 Å². The summed E-state index contributed by atoms with van der Waals surface area (Å²) in [5, 5.41) is 14.8. The summed E-state index contributed by atoms with van der Waals surface area (Å²) in [6, 6.07) is 5.48. The molecular formula is C14H18BrN3O2. The smallest absolute Gasteiger partial charge is 0.251 e. The molecule has 1 amide bonds. The highest BCUT2D eigenvalue weighted by molar-refractivity contribution is 9.10. The lowest BCUT2D eigenvalue weighted by Gasteiger charge is -2.20. The minimum Gasteiger partial charge on any atom is -0.409 e. The van der Waals surface area contributed by atoms with E-state index in [-0.39, 0.29) is 23.7 Å². The highest BCUT2D eigenvalue weighted by Crippen LogP contribution is 2.26. The number of benzene rings is 1. The maximum absolute atomic E-state index is 12.3. The fourth-order valence-electron chi connectivity index (χ4n) is 2.69. The second-order valence-electron chi connectivity index (χ2n) is 5.10. The Balaban J connectivity index is 2.11. The average Bonchev–Trinajstić information content (AvgIpc) is 2.85. The molecule has 2 unspecified atom stereocenters. The first-order chi connectivity index (χ1) is 9.52. The number of nitrogens with two attached hydrogens (primary N) is 1. The van der Waals surface area contributed by atoms with Gasteiger partial charge in [-0.15, -0.1) is 0 Å². The summed E-state index contributed by atoms with van der Waals surface area (Å²) in [5.41, 5.74) is 7.24. The maximum atomic E-state index is 12.3. The fourth-order valence-corrected chi connectivity index (χ4v) is 3.16. The number of nitrogens with one attached hydrogen (secondary N) is 1. The van der Waals surface area contributed by atoms with Crippen molar-refractivity contribution >= 4 is 27.7 Å². The first-order valence-electron chi connectivity index (χ1n) is 6.57. The summed E-state index contributed by atoms with van der Waals surface area (Å²) >= 11 is 3.38. The number of amidine groups is 1. The topological polar surface area (TPSA) is 87.7 Å². The molecular weight excluding hydrogens is 322 g/mol. The summed E-state index contributed by atoms with van der Waals surface area (Å²) < 4.78 is 0.946. The Morgan fingerprint density at radius 3 is 2.90 bits per heavy atom. The van der Waals surface area contributed by atoms with Gasteiger partial charge in [0.25, 0.3) is 5.91 Å². The van der Waals surface area contributed by atoms with Crippen LogP contribution in [-0.4, -0.2) is 23.0 Å². The molecule has 0 heterocycles. The Bertz CT molecular complexity index is 545. The molecule has 6 heteroatoms. The zero-order valence-corrected chi connectivity index (χ0v) is 12.9. The van der Waals surface area contributed by atoms with E-state index in [1.807, 2.05) is 19.1 Å². The van der Waals surface area contributed by atoms with E-state index in [0.29, 0.717) is 5.56 Å². The Hall–Kier alpha value is -1.56. The molecule has 2 atom stereocenters. The van der Waals surface area contributed by atoms with E-state index in [9.17, 15) is 4.79 Å². The molecule has 1 aromatic rings. The van der Waals surface area contributed by atoms with Gasteiger partial charge in [0.05, 0.1) is 0 Å². The molecule has 1 aliphatic rings. The van der Waals surface area contributed by atoms with Crippen molar-refractivity contribution in [1.29, 1.82) is 0 Å². The summed E-state index contributed by atoms with van der Waals surface area (Å²) in [4.78, 5) is 12.3. The number of hydrogen-bond donors (Lipinski definition) is 3.